The van der Waals surface area contributed by atoms with E-state index in [9.17, 15) is 4.79 Å². The molecule has 1 N–H and O–H groups in total. The summed E-state index contributed by atoms with van der Waals surface area (Å²) in [5.41, 5.74) is 1.04. The highest BCUT2D eigenvalue weighted by Gasteiger charge is 2.38. The maximum absolute atomic E-state index is 12.5. The molecule has 2 saturated heterocycles. The van der Waals surface area contributed by atoms with Crippen molar-refractivity contribution in [2.24, 2.45) is 0 Å². The van der Waals surface area contributed by atoms with Crippen molar-refractivity contribution in [2.45, 2.75) is 18.6 Å². The van der Waals surface area contributed by atoms with Crippen molar-refractivity contribution in [1.82, 2.24) is 10.2 Å². The summed E-state index contributed by atoms with van der Waals surface area (Å²) in [6, 6.07) is 8.09. The maximum atomic E-state index is 12.5. The minimum Gasteiger partial charge on any atom is -0.373 e. The molecule has 110 valence electrons. The zero-order chi connectivity index (χ0) is 13.2. The van der Waals surface area contributed by atoms with E-state index in [1.807, 2.05) is 29.2 Å². The summed E-state index contributed by atoms with van der Waals surface area (Å²) in [6.45, 7) is 3.03. The van der Waals surface area contributed by atoms with Gasteiger partial charge in [-0.25, -0.2) is 0 Å². The number of morpholine rings is 1. The van der Waals surface area contributed by atoms with Crippen LogP contribution in [0.25, 0.3) is 0 Å². The summed E-state index contributed by atoms with van der Waals surface area (Å²) in [7, 11) is 0. The van der Waals surface area contributed by atoms with Gasteiger partial charge in [-0.15, -0.1) is 12.4 Å². The molecule has 0 unspecified atom stereocenters. The highest BCUT2D eigenvalue weighted by Crippen LogP contribution is 2.21. The third-order valence-corrected chi connectivity index (χ3v) is 4.59. The summed E-state index contributed by atoms with van der Waals surface area (Å²) in [6.07, 6.45) is 0.613. The number of hydrogen-bond donors (Lipinski definition) is 1. The van der Waals surface area contributed by atoms with Crippen molar-refractivity contribution in [3.05, 3.63) is 34.3 Å². The number of nitrogens with zero attached hydrogens (tertiary/aromatic N) is 1. The second-order valence-corrected chi connectivity index (χ2v) is 5.84. The van der Waals surface area contributed by atoms with E-state index >= 15 is 0 Å². The van der Waals surface area contributed by atoms with Crippen molar-refractivity contribution in [3.63, 3.8) is 0 Å². The van der Waals surface area contributed by atoms with Gasteiger partial charge in [0.25, 0.3) is 0 Å². The molecular formula is C14H18BrClN2O2. The number of hydrogen-bond acceptors (Lipinski definition) is 3. The van der Waals surface area contributed by atoms with E-state index in [4.69, 9.17) is 4.74 Å². The molecule has 3 rings (SSSR count). The molecule has 2 aliphatic rings. The van der Waals surface area contributed by atoms with Crippen LogP contribution in [0.1, 0.15) is 5.56 Å². The van der Waals surface area contributed by atoms with Gasteiger partial charge < -0.3 is 15.0 Å². The Morgan fingerprint density at radius 2 is 2.20 bits per heavy atom. The topological polar surface area (TPSA) is 41.6 Å². The van der Waals surface area contributed by atoms with E-state index < -0.39 is 0 Å². The fraction of sp³-hybridized carbons (Fsp3) is 0.500. The molecule has 2 heterocycles. The van der Waals surface area contributed by atoms with Gasteiger partial charge in [0.05, 0.1) is 25.2 Å². The Morgan fingerprint density at radius 3 is 3.00 bits per heavy atom. The molecule has 1 aromatic carbocycles. The molecule has 0 bridgehead atoms. The number of benzene rings is 1. The first-order chi connectivity index (χ1) is 9.25. The minimum atomic E-state index is 0. The van der Waals surface area contributed by atoms with Crippen LogP contribution in [0.4, 0.5) is 0 Å². The molecule has 2 fully saturated rings. The van der Waals surface area contributed by atoms with Crippen LogP contribution in [-0.4, -0.2) is 49.2 Å². The fourth-order valence-electron chi connectivity index (χ4n) is 2.81. The minimum absolute atomic E-state index is 0. The van der Waals surface area contributed by atoms with Crippen LogP contribution in [0.15, 0.2) is 28.7 Å². The lowest BCUT2D eigenvalue weighted by molar-refractivity contribution is -0.142. The number of nitrogens with one attached hydrogen (secondary N) is 1. The average molecular weight is 362 g/mol. The predicted molar refractivity (Wildman–Crippen MR) is 83.2 cm³/mol. The first kappa shape index (κ1) is 15.8. The Kier molecular flexibility index (Phi) is 5.43. The van der Waals surface area contributed by atoms with Crippen LogP contribution in [0, 0.1) is 0 Å². The quantitative estimate of drug-likeness (QED) is 0.870. The van der Waals surface area contributed by atoms with Crippen LogP contribution in [-0.2, 0) is 16.0 Å². The lowest BCUT2D eigenvalue weighted by Crippen LogP contribution is -2.53. The Labute approximate surface area is 133 Å². The summed E-state index contributed by atoms with van der Waals surface area (Å²) < 4.78 is 6.69. The van der Waals surface area contributed by atoms with Gasteiger partial charge in [0.1, 0.15) is 0 Å². The summed E-state index contributed by atoms with van der Waals surface area (Å²) in [4.78, 5) is 14.5. The second kappa shape index (κ2) is 6.89. The van der Waals surface area contributed by atoms with Crippen LogP contribution < -0.4 is 5.32 Å². The molecule has 4 nitrogen and oxygen atoms in total. The van der Waals surface area contributed by atoms with Gasteiger partial charge in [0, 0.05) is 24.1 Å². The zero-order valence-corrected chi connectivity index (χ0v) is 13.5. The average Bonchev–Trinajstić information content (AvgIpc) is 2.89. The van der Waals surface area contributed by atoms with Gasteiger partial charge in [-0.1, -0.05) is 34.1 Å². The van der Waals surface area contributed by atoms with Gasteiger partial charge >= 0.3 is 0 Å². The second-order valence-electron chi connectivity index (χ2n) is 4.99. The number of halogens is 2. The lowest BCUT2D eigenvalue weighted by Gasteiger charge is -2.37. The van der Waals surface area contributed by atoms with E-state index in [2.05, 4.69) is 21.2 Å². The fourth-order valence-corrected chi connectivity index (χ4v) is 3.23. The Bertz CT molecular complexity index is 486. The molecule has 0 spiro atoms. The number of carbonyl (C=O) groups is 1. The maximum Gasteiger partial charge on any atom is 0.227 e. The van der Waals surface area contributed by atoms with Crippen LogP contribution >= 0.6 is 28.3 Å². The van der Waals surface area contributed by atoms with Gasteiger partial charge in [-0.3, -0.25) is 4.79 Å². The largest absolute Gasteiger partial charge is 0.373 e. The van der Waals surface area contributed by atoms with E-state index in [1.54, 1.807) is 0 Å². The first-order valence-corrected chi connectivity index (χ1v) is 7.40. The highest BCUT2D eigenvalue weighted by atomic mass is 79.9. The van der Waals surface area contributed by atoms with Gasteiger partial charge in [0.15, 0.2) is 0 Å². The first-order valence-electron chi connectivity index (χ1n) is 6.61. The standard InChI is InChI=1S/C14H17BrN2O2.ClH/c15-11-4-2-1-3-10(11)7-14(18)17-5-6-19-13-9-16-8-12(13)17;/h1-4,12-13,16H,5-9H2;1H/t12-,13+;/m1./s1. The van der Waals surface area contributed by atoms with Crippen molar-refractivity contribution < 1.29 is 9.53 Å². The summed E-state index contributed by atoms with van der Waals surface area (Å²) >= 11 is 3.50. The molecule has 0 aromatic heterocycles. The van der Waals surface area contributed by atoms with Crippen molar-refractivity contribution in [1.29, 1.82) is 0 Å². The predicted octanol–water partition coefficient (Wildman–Crippen LogP) is 1.61. The molecule has 0 aliphatic carbocycles. The Balaban J connectivity index is 0.00000147. The van der Waals surface area contributed by atoms with Crippen molar-refractivity contribution >= 4 is 34.2 Å². The number of ether oxygens (including phenoxy) is 1. The van der Waals surface area contributed by atoms with E-state index in [0.29, 0.717) is 19.6 Å². The Hall–Kier alpha value is -0.620. The number of fused-ring (bicyclic) bond motifs is 1. The van der Waals surface area contributed by atoms with Crippen LogP contribution in [0.3, 0.4) is 0 Å². The smallest absolute Gasteiger partial charge is 0.227 e. The zero-order valence-electron chi connectivity index (χ0n) is 11.0. The number of amides is 1. The van der Waals surface area contributed by atoms with Crippen LogP contribution in [0.5, 0.6) is 0 Å². The van der Waals surface area contributed by atoms with Crippen LogP contribution in [0.2, 0.25) is 0 Å². The lowest BCUT2D eigenvalue weighted by atomic mass is 10.1. The summed E-state index contributed by atoms with van der Waals surface area (Å²) in [5, 5.41) is 3.30. The Morgan fingerprint density at radius 1 is 1.40 bits per heavy atom. The van der Waals surface area contributed by atoms with E-state index in [1.165, 1.54) is 0 Å². The molecule has 6 heteroatoms. The molecule has 2 aliphatic heterocycles. The van der Waals surface area contributed by atoms with E-state index in [0.717, 1.165) is 23.1 Å². The SMILES string of the molecule is Cl.O=C(Cc1ccccc1Br)N1CCO[C@H]2CNC[C@H]21. The molecule has 1 amide bonds. The molecule has 0 saturated carbocycles. The van der Waals surface area contributed by atoms with Gasteiger partial charge in [0.2, 0.25) is 5.91 Å². The summed E-state index contributed by atoms with van der Waals surface area (Å²) in [5.74, 6) is 0.189. The van der Waals surface area contributed by atoms with Gasteiger partial charge in [-0.05, 0) is 11.6 Å². The molecule has 1 aromatic rings. The number of carbonyl (C=O) groups excluding carboxylic acids is 1. The van der Waals surface area contributed by atoms with Crippen molar-refractivity contribution in [2.75, 3.05) is 26.2 Å². The third kappa shape index (κ3) is 3.17. The highest BCUT2D eigenvalue weighted by molar-refractivity contribution is 9.10. The molecular weight excluding hydrogens is 344 g/mol. The van der Waals surface area contributed by atoms with Gasteiger partial charge in [-0.2, -0.15) is 0 Å². The van der Waals surface area contributed by atoms with Crippen molar-refractivity contribution in [3.8, 4) is 0 Å². The molecule has 2 atom stereocenters. The molecule has 0 radical (unpaired) electrons. The van der Waals surface area contributed by atoms with E-state index in [-0.39, 0.29) is 30.5 Å². The number of rotatable bonds is 2. The third-order valence-electron chi connectivity index (χ3n) is 3.81. The normalized spacial score (nSPS) is 24.9. The molecule has 20 heavy (non-hydrogen) atoms. The monoisotopic (exact) mass is 360 g/mol.